The number of hydrogen-bond donors (Lipinski definition) is 0. The second-order valence-corrected chi connectivity index (χ2v) is 6.63. The van der Waals surface area contributed by atoms with Crippen LogP contribution >= 0.6 is 51.2 Å². The fourth-order valence-electron chi connectivity index (χ4n) is 1.24. The zero-order valence-electron chi connectivity index (χ0n) is 9.79. The van der Waals surface area contributed by atoms with Crippen LogP contribution in [0.15, 0.2) is 24.3 Å². The first-order valence-electron chi connectivity index (χ1n) is 5.30. The number of alkyl halides is 1. The lowest BCUT2D eigenvalue weighted by Gasteiger charge is -2.17. The number of benzene rings is 1. The van der Waals surface area contributed by atoms with E-state index in [1.165, 1.54) is 0 Å². The van der Waals surface area contributed by atoms with E-state index in [0.717, 1.165) is 22.1 Å². The molecular weight excluding hydrogens is 359 g/mol. The lowest BCUT2D eigenvalue weighted by molar-refractivity contribution is -0.134. The molecule has 6 heteroatoms. The van der Waals surface area contributed by atoms with E-state index in [-0.39, 0.29) is 0 Å². The molecular formula is C12H13BrCl2O2S. The number of rotatable bonds is 6. The zero-order valence-corrected chi connectivity index (χ0v) is 13.7. The highest BCUT2D eigenvalue weighted by molar-refractivity contribution is 9.06. The summed E-state index contributed by atoms with van der Waals surface area (Å²) in [5, 5.41) is 0.763. The Labute approximate surface area is 130 Å². The minimum Gasteiger partial charge on any atom is -0.382 e. The van der Waals surface area contributed by atoms with Crippen LogP contribution in [0.1, 0.15) is 18.9 Å². The van der Waals surface area contributed by atoms with Crippen LogP contribution in [0.25, 0.3) is 0 Å². The second-order valence-electron chi connectivity index (χ2n) is 3.96. The van der Waals surface area contributed by atoms with Crippen molar-refractivity contribution in [1.82, 2.24) is 0 Å². The van der Waals surface area contributed by atoms with Gasteiger partial charge in [-0.2, -0.15) is 11.8 Å². The van der Waals surface area contributed by atoms with Crippen molar-refractivity contribution in [3.63, 3.8) is 0 Å². The molecule has 1 unspecified atom stereocenters. The maximum absolute atomic E-state index is 11.3. The quantitative estimate of drug-likeness (QED) is 0.530. The third kappa shape index (κ3) is 5.00. The summed E-state index contributed by atoms with van der Waals surface area (Å²) >= 11 is 16.4. The molecule has 1 atom stereocenters. The molecule has 0 bridgehead atoms. The third-order valence-electron chi connectivity index (χ3n) is 2.43. The summed E-state index contributed by atoms with van der Waals surface area (Å²) in [7, 11) is 0. The van der Waals surface area contributed by atoms with Gasteiger partial charge in [-0.3, -0.25) is 0 Å². The first-order valence-corrected chi connectivity index (χ1v) is 7.86. The molecule has 0 heterocycles. The minimum atomic E-state index is -0.989. The molecule has 0 N–H and O–H groups in total. The Balaban J connectivity index is 2.35. The van der Waals surface area contributed by atoms with E-state index in [1.54, 1.807) is 18.7 Å². The van der Waals surface area contributed by atoms with Gasteiger partial charge in [0.1, 0.15) is 4.87 Å². The molecule has 0 aliphatic carbocycles. The number of halogens is 3. The first-order chi connectivity index (χ1) is 8.47. The van der Waals surface area contributed by atoms with Gasteiger partial charge in [-0.1, -0.05) is 29.8 Å². The topological polar surface area (TPSA) is 26.3 Å². The van der Waals surface area contributed by atoms with Crippen LogP contribution in [0.5, 0.6) is 0 Å². The molecule has 0 saturated carbocycles. The Bertz CT molecular complexity index is 413. The van der Waals surface area contributed by atoms with E-state index < -0.39 is 10.8 Å². The molecule has 0 spiro atoms. The monoisotopic (exact) mass is 370 g/mol. The van der Waals surface area contributed by atoms with Crippen molar-refractivity contribution < 1.29 is 8.62 Å². The first kappa shape index (κ1) is 16.2. The molecule has 0 fully saturated rings. The standard InChI is InChI=1S/C12H13BrCl2O2S/c1-12(15,11(16)17-13)6-7-18-8-9-4-2-3-5-10(9)14/h2-5H,6-8H2,1H3. The van der Waals surface area contributed by atoms with Crippen molar-refractivity contribution in [3.8, 4) is 0 Å². The van der Waals surface area contributed by atoms with Crippen LogP contribution < -0.4 is 0 Å². The van der Waals surface area contributed by atoms with E-state index in [2.05, 4.69) is 20.1 Å². The summed E-state index contributed by atoms with van der Waals surface area (Å²) in [4.78, 5) is 10.3. The van der Waals surface area contributed by atoms with Crippen LogP contribution in [0.4, 0.5) is 0 Å². The van der Waals surface area contributed by atoms with E-state index in [4.69, 9.17) is 23.2 Å². The molecule has 0 aliphatic rings. The fraction of sp³-hybridized carbons (Fsp3) is 0.417. The van der Waals surface area contributed by atoms with Crippen LogP contribution in [0, 0.1) is 0 Å². The average Bonchev–Trinajstić information content (AvgIpc) is 2.35. The maximum Gasteiger partial charge on any atom is 0.338 e. The van der Waals surface area contributed by atoms with E-state index >= 15 is 0 Å². The van der Waals surface area contributed by atoms with Gasteiger partial charge in [-0.05, 0) is 30.7 Å². The number of hydrogen-bond acceptors (Lipinski definition) is 3. The Hall–Kier alpha value is 0.1000. The summed E-state index contributed by atoms with van der Waals surface area (Å²) in [6, 6.07) is 7.71. The largest absolute Gasteiger partial charge is 0.382 e. The highest BCUT2D eigenvalue weighted by Gasteiger charge is 2.31. The van der Waals surface area contributed by atoms with Crippen molar-refractivity contribution in [2.24, 2.45) is 0 Å². The normalized spacial score (nSPS) is 14.0. The van der Waals surface area contributed by atoms with Gasteiger partial charge in [0.25, 0.3) is 0 Å². The molecule has 0 aliphatic heterocycles. The summed E-state index contributed by atoms with van der Waals surface area (Å²) in [5.74, 6) is 1.09. The Kier molecular flexibility index (Phi) is 6.85. The number of carbonyl (C=O) groups is 1. The molecule has 1 aromatic carbocycles. The summed E-state index contributed by atoms with van der Waals surface area (Å²) in [6.07, 6.45) is 0.536. The lowest BCUT2D eigenvalue weighted by Crippen LogP contribution is -2.29. The van der Waals surface area contributed by atoms with Crippen molar-refractivity contribution >= 4 is 57.2 Å². The van der Waals surface area contributed by atoms with Crippen molar-refractivity contribution in [2.75, 3.05) is 5.75 Å². The van der Waals surface area contributed by atoms with Gasteiger partial charge in [0.2, 0.25) is 0 Å². The predicted octanol–water partition coefficient (Wildman–Crippen LogP) is 4.81. The SMILES string of the molecule is CC(Cl)(CCSCc1ccccc1Cl)C(=O)OBr. The third-order valence-corrected chi connectivity index (χ3v) is 4.44. The zero-order chi connectivity index (χ0) is 13.6. The number of thioether (sulfide) groups is 1. The smallest absolute Gasteiger partial charge is 0.338 e. The van der Waals surface area contributed by atoms with Gasteiger partial charge in [-0.15, -0.1) is 11.6 Å². The average molecular weight is 372 g/mol. The fourth-order valence-corrected chi connectivity index (χ4v) is 3.39. The molecule has 0 radical (unpaired) electrons. The lowest BCUT2D eigenvalue weighted by atomic mass is 10.1. The van der Waals surface area contributed by atoms with Crippen LogP contribution in [-0.4, -0.2) is 16.6 Å². The molecule has 2 nitrogen and oxygen atoms in total. The highest BCUT2D eigenvalue weighted by Crippen LogP contribution is 2.27. The summed E-state index contributed by atoms with van der Waals surface area (Å²) in [6.45, 7) is 1.65. The van der Waals surface area contributed by atoms with E-state index in [0.29, 0.717) is 6.42 Å². The second kappa shape index (κ2) is 7.63. The predicted molar refractivity (Wildman–Crippen MR) is 81.5 cm³/mol. The van der Waals surface area contributed by atoms with Gasteiger partial charge in [0.15, 0.2) is 16.3 Å². The van der Waals surface area contributed by atoms with Crippen LogP contribution in [-0.2, 0) is 14.4 Å². The highest BCUT2D eigenvalue weighted by atomic mass is 79.9. The summed E-state index contributed by atoms with van der Waals surface area (Å²) < 4.78 is 4.46. The van der Waals surface area contributed by atoms with Gasteiger partial charge >= 0.3 is 5.97 Å². The number of carbonyl (C=O) groups excluding carboxylic acids is 1. The van der Waals surface area contributed by atoms with E-state index in [9.17, 15) is 4.79 Å². The maximum atomic E-state index is 11.3. The molecule has 1 rings (SSSR count). The molecule has 0 amide bonds. The summed E-state index contributed by atoms with van der Waals surface area (Å²) in [5.41, 5.74) is 1.09. The van der Waals surface area contributed by atoms with Crippen LogP contribution in [0.2, 0.25) is 5.02 Å². The van der Waals surface area contributed by atoms with Gasteiger partial charge < -0.3 is 3.83 Å². The Morgan fingerprint density at radius 3 is 2.78 bits per heavy atom. The molecule has 18 heavy (non-hydrogen) atoms. The Morgan fingerprint density at radius 2 is 2.17 bits per heavy atom. The van der Waals surface area contributed by atoms with Crippen molar-refractivity contribution in [3.05, 3.63) is 34.9 Å². The van der Waals surface area contributed by atoms with E-state index in [1.807, 2.05) is 24.3 Å². The van der Waals surface area contributed by atoms with Gasteiger partial charge in [0.05, 0.1) is 0 Å². The van der Waals surface area contributed by atoms with Gasteiger partial charge in [-0.25, -0.2) is 4.79 Å². The Morgan fingerprint density at radius 1 is 1.50 bits per heavy atom. The van der Waals surface area contributed by atoms with Crippen LogP contribution in [0.3, 0.4) is 0 Å². The minimum absolute atomic E-state index is 0.470. The van der Waals surface area contributed by atoms with Crippen molar-refractivity contribution in [1.29, 1.82) is 0 Å². The molecule has 100 valence electrons. The molecule has 0 aromatic heterocycles. The van der Waals surface area contributed by atoms with Gasteiger partial charge in [0, 0.05) is 10.8 Å². The van der Waals surface area contributed by atoms with Crippen molar-refractivity contribution in [2.45, 2.75) is 24.0 Å². The molecule has 0 saturated heterocycles. The molecule has 1 aromatic rings.